The average molecular weight is 400 g/mol. The largest absolute Gasteiger partial charge is 0.334 e. The van der Waals surface area contributed by atoms with Crippen LogP contribution in [0.4, 0.5) is 5.69 Å². The van der Waals surface area contributed by atoms with Crippen LogP contribution in [0.3, 0.4) is 0 Å². The van der Waals surface area contributed by atoms with Gasteiger partial charge in [0.2, 0.25) is 0 Å². The molecule has 1 aromatic carbocycles. The summed E-state index contributed by atoms with van der Waals surface area (Å²) in [6.45, 7) is 4.04. The summed E-state index contributed by atoms with van der Waals surface area (Å²) in [4.78, 5) is 25.6. The van der Waals surface area contributed by atoms with Gasteiger partial charge in [0.05, 0.1) is 0 Å². The lowest BCUT2D eigenvalue weighted by Gasteiger charge is -2.06. The first-order valence-corrected chi connectivity index (χ1v) is 9.80. The van der Waals surface area contributed by atoms with E-state index in [1.807, 2.05) is 44.2 Å². The number of aryl methyl sites for hydroxylation is 2. The molecule has 8 heteroatoms. The summed E-state index contributed by atoms with van der Waals surface area (Å²) in [5, 5.41) is 6.94. The first-order valence-electron chi connectivity index (χ1n) is 9.80. The Hall–Kier alpha value is -3.81. The number of aromatic nitrogens is 5. The van der Waals surface area contributed by atoms with Crippen molar-refractivity contribution in [2.45, 2.75) is 32.6 Å². The van der Waals surface area contributed by atoms with Crippen molar-refractivity contribution >= 4 is 11.6 Å². The van der Waals surface area contributed by atoms with Crippen LogP contribution in [0.15, 0.2) is 53.6 Å². The Kier molecular flexibility index (Phi) is 4.39. The summed E-state index contributed by atoms with van der Waals surface area (Å²) in [7, 11) is 0. The van der Waals surface area contributed by atoms with Crippen molar-refractivity contribution in [2.24, 2.45) is 0 Å². The van der Waals surface area contributed by atoms with Gasteiger partial charge < -0.3 is 9.84 Å². The van der Waals surface area contributed by atoms with Gasteiger partial charge in [-0.1, -0.05) is 11.2 Å². The highest BCUT2D eigenvalue weighted by Gasteiger charge is 2.29. The number of amides is 1. The number of hydrogen-bond acceptors (Lipinski definition) is 6. The highest BCUT2D eigenvalue weighted by Crippen LogP contribution is 2.38. The molecule has 1 fully saturated rings. The van der Waals surface area contributed by atoms with Crippen molar-refractivity contribution in [3.63, 3.8) is 0 Å². The number of hydrogen-bond donors (Lipinski definition) is 1. The fourth-order valence-corrected chi connectivity index (χ4v) is 3.13. The number of rotatable bonds is 5. The van der Waals surface area contributed by atoms with Gasteiger partial charge in [-0.2, -0.15) is 4.98 Å². The van der Waals surface area contributed by atoms with Gasteiger partial charge in [-0.3, -0.25) is 9.36 Å². The highest BCUT2D eigenvalue weighted by molar-refractivity contribution is 6.02. The van der Waals surface area contributed by atoms with Crippen LogP contribution >= 0.6 is 0 Å². The molecule has 3 heterocycles. The fraction of sp³-hybridized carbons (Fsp3) is 0.227. The molecule has 0 unspecified atom stereocenters. The maximum Gasteiger partial charge on any atom is 0.275 e. The number of carbonyl (C=O) groups is 1. The normalized spacial score (nSPS) is 13.4. The molecule has 8 nitrogen and oxygen atoms in total. The first-order chi connectivity index (χ1) is 14.6. The van der Waals surface area contributed by atoms with Crippen LogP contribution in [0.5, 0.6) is 0 Å². The molecule has 4 aromatic rings. The Balaban J connectivity index is 1.35. The molecule has 0 atom stereocenters. The summed E-state index contributed by atoms with van der Waals surface area (Å²) in [6.07, 6.45) is 7.10. The molecular formula is C22H20N6O2. The molecule has 1 aliphatic rings. The van der Waals surface area contributed by atoms with E-state index in [1.54, 1.807) is 23.3 Å². The van der Waals surface area contributed by atoms with Crippen LogP contribution in [0, 0.1) is 13.8 Å². The molecular weight excluding hydrogens is 380 g/mol. The van der Waals surface area contributed by atoms with Crippen molar-refractivity contribution < 1.29 is 9.32 Å². The third kappa shape index (κ3) is 3.59. The lowest BCUT2D eigenvalue weighted by molar-refractivity contribution is 0.102. The van der Waals surface area contributed by atoms with Gasteiger partial charge in [0.1, 0.15) is 17.8 Å². The molecule has 1 amide bonds. The van der Waals surface area contributed by atoms with E-state index in [2.05, 4.69) is 25.4 Å². The van der Waals surface area contributed by atoms with E-state index in [0.717, 1.165) is 35.5 Å². The Morgan fingerprint density at radius 1 is 1.13 bits per heavy atom. The number of imidazole rings is 1. The molecule has 5 rings (SSSR count). The summed E-state index contributed by atoms with van der Waals surface area (Å²) >= 11 is 0. The molecule has 30 heavy (non-hydrogen) atoms. The lowest BCUT2D eigenvalue weighted by atomic mass is 10.1. The van der Waals surface area contributed by atoms with E-state index in [9.17, 15) is 4.79 Å². The van der Waals surface area contributed by atoms with E-state index in [0.29, 0.717) is 23.3 Å². The van der Waals surface area contributed by atoms with Gasteiger partial charge >= 0.3 is 0 Å². The molecule has 0 aliphatic heterocycles. The zero-order valence-electron chi connectivity index (χ0n) is 16.7. The summed E-state index contributed by atoms with van der Waals surface area (Å²) in [6, 6.07) is 9.44. The highest BCUT2D eigenvalue weighted by atomic mass is 16.5. The number of nitrogens with one attached hydrogen (secondary N) is 1. The standard InChI is InChI=1S/C22H20N6O2/c1-13-3-6-17(9-14(13)2)25-21(29)18-11-28(12-24-18)19-10-16(7-8-23-19)22-26-20(27-30-22)15-4-5-15/h3,6-12,15H,4-5H2,1-2H3,(H,25,29). The van der Waals surface area contributed by atoms with Crippen molar-refractivity contribution in [3.05, 3.63) is 71.7 Å². The van der Waals surface area contributed by atoms with Crippen LogP contribution in [-0.4, -0.2) is 30.6 Å². The van der Waals surface area contributed by atoms with Crippen LogP contribution in [0.25, 0.3) is 17.3 Å². The minimum atomic E-state index is -0.279. The second-order valence-electron chi connectivity index (χ2n) is 7.55. The molecule has 0 bridgehead atoms. The summed E-state index contributed by atoms with van der Waals surface area (Å²) < 4.78 is 7.08. The Bertz CT molecular complexity index is 1240. The zero-order chi connectivity index (χ0) is 20.7. The van der Waals surface area contributed by atoms with Crippen molar-refractivity contribution in [1.82, 2.24) is 24.7 Å². The van der Waals surface area contributed by atoms with E-state index < -0.39 is 0 Å². The van der Waals surface area contributed by atoms with Crippen LogP contribution in [0.1, 0.15) is 46.2 Å². The van der Waals surface area contributed by atoms with E-state index in [1.165, 1.54) is 5.56 Å². The average Bonchev–Trinajstić information content (AvgIpc) is 3.27. The SMILES string of the molecule is Cc1ccc(NC(=O)c2cn(-c3cc(-c4nc(C5CC5)no4)ccn3)cn2)cc1C. The van der Waals surface area contributed by atoms with Gasteiger partial charge in [0.15, 0.2) is 5.82 Å². The Labute approximate surface area is 173 Å². The fourth-order valence-electron chi connectivity index (χ4n) is 3.13. The molecule has 150 valence electrons. The molecule has 1 saturated carbocycles. The van der Waals surface area contributed by atoms with Gasteiger partial charge in [0, 0.05) is 29.6 Å². The number of nitrogens with zero attached hydrogens (tertiary/aromatic N) is 5. The lowest BCUT2D eigenvalue weighted by Crippen LogP contribution is -2.12. The van der Waals surface area contributed by atoms with Gasteiger partial charge in [-0.25, -0.2) is 9.97 Å². The number of pyridine rings is 1. The van der Waals surface area contributed by atoms with Gasteiger partial charge in [-0.05, 0) is 62.1 Å². The number of anilines is 1. The van der Waals surface area contributed by atoms with E-state index in [-0.39, 0.29) is 5.91 Å². The second kappa shape index (κ2) is 7.22. The molecule has 3 aromatic heterocycles. The maximum atomic E-state index is 12.6. The zero-order valence-corrected chi connectivity index (χ0v) is 16.7. The minimum absolute atomic E-state index is 0.279. The monoisotopic (exact) mass is 400 g/mol. The quantitative estimate of drug-likeness (QED) is 0.542. The molecule has 1 aliphatic carbocycles. The maximum absolute atomic E-state index is 12.6. The molecule has 0 spiro atoms. The Morgan fingerprint density at radius 3 is 2.80 bits per heavy atom. The molecule has 1 N–H and O–H groups in total. The topological polar surface area (TPSA) is 98.7 Å². The predicted octanol–water partition coefficient (Wildman–Crippen LogP) is 4.06. The van der Waals surface area contributed by atoms with E-state index in [4.69, 9.17) is 4.52 Å². The Morgan fingerprint density at radius 2 is 2.00 bits per heavy atom. The third-order valence-electron chi connectivity index (χ3n) is 5.22. The number of carbonyl (C=O) groups excluding carboxylic acids is 1. The number of benzene rings is 1. The molecule has 0 saturated heterocycles. The minimum Gasteiger partial charge on any atom is -0.334 e. The van der Waals surface area contributed by atoms with E-state index >= 15 is 0 Å². The van der Waals surface area contributed by atoms with Crippen molar-refractivity contribution in [3.8, 4) is 17.3 Å². The van der Waals surface area contributed by atoms with Crippen LogP contribution in [-0.2, 0) is 0 Å². The van der Waals surface area contributed by atoms with Gasteiger partial charge in [0.25, 0.3) is 11.8 Å². The summed E-state index contributed by atoms with van der Waals surface area (Å²) in [5.74, 6) is 1.98. The first kappa shape index (κ1) is 18.2. The second-order valence-corrected chi connectivity index (χ2v) is 7.55. The summed E-state index contributed by atoms with van der Waals surface area (Å²) in [5.41, 5.74) is 4.10. The molecule has 0 radical (unpaired) electrons. The van der Waals surface area contributed by atoms with Crippen molar-refractivity contribution in [1.29, 1.82) is 0 Å². The predicted molar refractivity (Wildman–Crippen MR) is 110 cm³/mol. The van der Waals surface area contributed by atoms with Crippen LogP contribution < -0.4 is 5.32 Å². The third-order valence-corrected chi connectivity index (χ3v) is 5.22. The van der Waals surface area contributed by atoms with Gasteiger partial charge in [-0.15, -0.1) is 0 Å². The van der Waals surface area contributed by atoms with Crippen molar-refractivity contribution in [2.75, 3.05) is 5.32 Å². The van der Waals surface area contributed by atoms with Crippen LogP contribution in [0.2, 0.25) is 0 Å². The smallest absolute Gasteiger partial charge is 0.275 e.